The zero-order chi connectivity index (χ0) is 9.12. The Hall–Kier alpha value is 0.507. The average Bonchev–Trinajstić information content (AvgIpc) is 1.90. The van der Waals surface area contributed by atoms with E-state index in [0.29, 0.717) is 5.04 Å². The summed E-state index contributed by atoms with van der Waals surface area (Å²) in [5, 5.41) is 0.467. The minimum Gasteiger partial charge on any atom is -0.167 e. The van der Waals surface area contributed by atoms with Crippen molar-refractivity contribution in [2.45, 2.75) is 58.2 Å². The van der Waals surface area contributed by atoms with E-state index in [0.717, 1.165) is 0 Å². The normalized spacial score (nSPS) is 13.6. The molecule has 0 saturated heterocycles. The molecule has 0 aliphatic heterocycles. The summed E-state index contributed by atoms with van der Waals surface area (Å²) < 4.78 is 0. The molecule has 0 aliphatic carbocycles. The molecule has 68 valence electrons. The Balaban J connectivity index is 4.54. The molecule has 0 spiro atoms. The minimum absolute atomic E-state index is 0.467. The molecule has 0 rings (SSSR count). The van der Waals surface area contributed by atoms with Crippen molar-refractivity contribution in [3.8, 4) is 0 Å². The van der Waals surface area contributed by atoms with Crippen LogP contribution in [0, 0.1) is 0 Å². The Bertz CT molecular complexity index is 103. The Morgan fingerprint density at radius 3 is 1.27 bits per heavy atom. The lowest BCUT2D eigenvalue weighted by molar-refractivity contribution is 0.485. The molecule has 0 nitrogen and oxygen atoms in total. The highest BCUT2D eigenvalue weighted by atomic mass is 35.6. The third-order valence-electron chi connectivity index (χ3n) is 3.29. The van der Waals surface area contributed by atoms with Gasteiger partial charge in [0.25, 0.3) is 0 Å². The zero-order valence-electron chi connectivity index (χ0n) is 8.50. The van der Waals surface area contributed by atoms with E-state index in [9.17, 15) is 0 Å². The summed E-state index contributed by atoms with van der Waals surface area (Å²) in [7, 11) is -1.46. The average molecular weight is 193 g/mol. The van der Waals surface area contributed by atoms with Crippen LogP contribution < -0.4 is 0 Å². The molecule has 0 aliphatic rings. The fraction of sp³-hybridized carbons (Fsp3) is 1.00. The van der Waals surface area contributed by atoms with Gasteiger partial charge in [-0.05, 0) is 5.04 Å². The second kappa shape index (κ2) is 3.95. The van der Waals surface area contributed by atoms with Crippen molar-refractivity contribution in [2.24, 2.45) is 0 Å². The highest BCUT2D eigenvalue weighted by molar-refractivity contribution is 7.20. The van der Waals surface area contributed by atoms with E-state index in [2.05, 4.69) is 33.9 Å². The Labute approximate surface area is 77.0 Å². The molecule has 0 aromatic heterocycles. The maximum Gasteiger partial charge on any atom is 0.156 e. The molecule has 0 saturated carbocycles. The highest BCUT2D eigenvalue weighted by Gasteiger charge is 2.41. The Kier molecular flexibility index (Phi) is 4.13. The third kappa shape index (κ3) is 2.22. The smallest absolute Gasteiger partial charge is 0.156 e. The van der Waals surface area contributed by atoms with Gasteiger partial charge in [0.15, 0.2) is 7.38 Å². The lowest BCUT2D eigenvalue weighted by atomic mass is 9.99. The van der Waals surface area contributed by atoms with Gasteiger partial charge in [-0.2, -0.15) is 11.1 Å². The van der Waals surface area contributed by atoms with Crippen LogP contribution in [0.25, 0.3) is 0 Å². The Morgan fingerprint density at radius 1 is 1.00 bits per heavy atom. The summed E-state index contributed by atoms with van der Waals surface area (Å²) in [5.74, 6) is 0. The van der Waals surface area contributed by atoms with E-state index in [1.165, 1.54) is 19.3 Å². The molecule has 11 heavy (non-hydrogen) atoms. The van der Waals surface area contributed by atoms with Crippen LogP contribution in [0.3, 0.4) is 0 Å². The van der Waals surface area contributed by atoms with Gasteiger partial charge in [0.2, 0.25) is 0 Å². The monoisotopic (exact) mass is 192 g/mol. The SMILES string of the molecule is CCC(CC)(CC)[Si](C)(C)Cl. The minimum atomic E-state index is -1.46. The molecule has 0 radical (unpaired) electrons. The van der Waals surface area contributed by atoms with Gasteiger partial charge < -0.3 is 0 Å². The first-order chi connectivity index (χ1) is 4.93. The van der Waals surface area contributed by atoms with Crippen LogP contribution in [0.15, 0.2) is 0 Å². The maximum absolute atomic E-state index is 6.50. The lowest BCUT2D eigenvalue weighted by Crippen LogP contribution is -2.36. The summed E-state index contributed by atoms with van der Waals surface area (Å²) in [6.45, 7) is 11.3. The second-order valence-electron chi connectivity index (χ2n) is 3.81. The van der Waals surface area contributed by atoms with Crippen LogP contribution in [0.5, 0.6) is 0 Å². The lowest BCUT2D eigenvalue weighted by Gasteiger charge is -2.39. The summed E-state index contributed by atoms with van der Waals surface area (Å²) in [6, 6.07) is 0. The van der Waals surface area contributed by atoms with Crippen LogP contribution in [0.1, 0.15) is 40.0 Å². The maximum atomic E-state index is 6.50. The number of hydrogen-bond donors (Lipinski definition) is 0. The predicted molar refractivity (Wildman–Crippen MR) is 56.9 cm³/mol. The van der Waals surface area contributed by atoms with Crippen LogP contribution >= 0.6 is 11.1 Å². The fourth-order valence-corrected chi connectivity index (χ4v) is 5.74. The van der Waals surface area contributed by atoms with E-state index < -0.39 is 7.38 Å². The molecular formula is C9H21ClSi. The van der Waals surface area contributed by atoms with Crippen LogP contribution in [-0.4, -0.2) is 7.38 Å². The molecule has 0 unspecified atom stereocenters. The van der Waals surface area contributed by atoms with Gasteiger partial charge in [-0.1, -0.05) is 53.1 Å². The molecule has 0 aromatic rings. The van der Waals surface area contributed by atoms with Crippen LogP contribution in [0.4, 0.5) is 0 Å². The van der Waals surface area contributed by atoms with Gasteiger partial charge in [0, 0.05) is 0 Å². The molecule has 0 amide bonds. The van der Waals surface area contributed by atoms with Gasteiger partial charge in [-0.15, -0.1) is 0 Å². The Morgan fingerprint density at radius 2 is 1.27 bits per heavy atom. The molecule has 0 aromatic carbocycles. The van der Waals surface area contributed by atoms with E-state index in [-0.39, 0.29) is 0 Å². The fourth-order valence-electron chi connectivity index (χ4n) is 2.01. The van der Waals surface area contributed by atoms with Crippen molar-refractivity contribution in [3.63, 3.8) is 0 Å². The first kappa shape index (κ1) is 11.5. The van der Waals surface area contributed by atoms with Gasteiger partial charge in [0.05, 0.1) is 0 Å². The van der Waals surface area contributed by atoms with Crippen molar-refractivity contribution in [1.82, 2.24) is 0 Å². The summed E-state index contributed by atoms with van der Waals surface area (Å²) >= 11 is 6.50. The molecule has 0 atom stereocenters. The number of halogens is 1. The van der Waals surface area contributed by atoms with Gasteiger partial charge >= 0.3 is 0 Å². The summed E-state index contributed by atoms with van der Waals surface area (Å²) in [4.78, 5) is 0. The predicted octanol–water partition coefficient (Wildman–Crippen LogP) is 4.40. The molecular weight excluding hydrogens is 172 g/mol. The molecule has 0 N–H and O–H groups in total. The number of rotatable bonds is 4. The van der Waals surface area contributed by atoms with E-state index in [1.54, 1.807) is 0 Å². The van der Waals surface area contributed by atoms with E-state index in [4.69, 9.17) is 11.1 Å². The van der Waals surface area contributed by atoms with Gasteiger partial charge in [0.1, 0.15) is 0 Å². The van der Waals surface area contributed by atoms with E-state index in [1.807, 2.05) is 0 Å². The van der Waals surface area contributed by atoms with Crippen molar-refractivity contribution >= 4 is 18.5 Å². The molecule has 0 fully saturated rings. The summed E-state index contributed by atoms with van der Waals surface area (Å²) in [6.07, 6.45) is 3.72. The number of hydrogen-bond acceptors (Lipinski definition) is 0. The van der Waals surface area contributed by atoms with Crippen molar-refractivity contribution in [2.75, 3.05) is 0 Å². The molecule has 2 heteroatoms. The third-order valence-corrected chi connectivity index (χ3v) is 8.08. The molecule has 0 bridgehead atoms. The van der Waals surface area contributed by atoms with Gasteiger partial charge in [-0.3, -0.25) is 0 Å². The quantitative estimate of drug-likeness (QED) is 0.458. The van der Waals surface area contributed by atoms with Gasteiger partial charge in [-0.25, -0.2) is 0 Å². The van der Waals surface area contributed by atoms with Crippen molar-refractivity contribution in [1.29, 1.82) is 0 Å². The zero-order valence-corrected chi connectivity index (χ0v) is 10.3. The first-order valence-corrected chi connectivity index (χ1v) is 8.63. The van der Waals surface area contributed by atoms with Crippen molar-refractivity contribution < 1.29 is 0 Å². The van der Waals surface area contributed by atoms with Crippen LogP contribution in [-0.2, 0) is 0 Å². The largest absolute Gasteiger partial charge is 0.167 e. The van der Waals surface area contributed by atoms with Crippen LogP contribution in [0.2, 0.25) is 18.1 Å². The standard InChI is InChI=1S/C9H21ClSi/c1-6-9(7-2,8-3)11(4,5)10/h6-8H2,1-5H3. The molecule has 0 heterocycles. The van der Waals surface area contributed by atoms with Crippen molar-refractivity contribution in [3.05, 3.63) is 0 Å². The summed E-state index contributed by atoms with van der Waals surface area (Å²) in [5.41, 5.74) is 0. The second-order valence-corrected chi connectivity index (χ2v) is 10.7. The highest BCUT2D eigenvalue weighted by Crippen LogP contribution is 2.49. The van der Waals surface area contributed by atoms with E-state index >= 15 is 0 Å². The first-order valence-electron chi connectivity index (χ1n) is 4.62. The topological polar surface area (TPSA) is 0 Å².